The summed E-state index contributed by atoms with van der Waals surface area (Å²) in [6, 6.07) is 13.7. The fraction of sp³-hybridized carbons (Fsp3) is 0.263. The second-order valence-corrected chi connectivity index (χ2v) is 6.52. The van der Waals surface area contributed by atoms with Gasteiger partial charge in [-0.1, -0.05) is 23.7 Å². The molecule has 0 aromatic heterocycles. The molecule has 6 heteroatoms. The van der Waals surface area contributed by atoms with Crippen LogP contribution in [0.2, 0.25) is 5.02 Å². The molecule has 0 heterocycles. The molecule has 5 nitrogen and oxygen atoms in total. The number of carbonyl (C=O) groups is 2. The van der Waals surface area contributed by atoms with Crippen LogP contribution in [0.4, 0.5) is 10.5 Å². The molecule has 132 valence electrons. The number of nitrogens with one attached hydrogen (secondary N) is 3. The molecule has 0 bridgehead atoms. The standard InChI is InChI=1S/C19H22ClN3O2/c1-12(2)21-19(25)23-17-9-7-14(8-10-17)18(24)22-13(3)15-5-4-6-16(20)11-15/h4-13H,1-3H3,(H,22,24)(H2,21,23,25). The van der Waals surface area contributed by atoms with Crippen molar-refractivity contribution in [1.29, 1.82) is 0 Å². The van der Waals surface area contributed by atoms with Crippen molar-refractivity contribution in [3.05, 3.63) is 64.7 Å². The quantitative estimate of drug-likeness (QED) is 0.742. The summed E-state index contributed by atoms with van der Waals surface area (Å²) in [7, 11) is 0. The Morgan fingerprint density at radius 1 is 0.960 bits per heavy atom. The molecule has 25 heavy (non-hydrogen) atoms. The molecule has 0 radical (unpaired) electrons. The first-order valence-corrected chi connectivity index (χ1v) is 8.47. The number of rotatable bonds is 5. The predicted octanol–water partition coefficient (Wildman–Crippen LogP) is 4.36. The number of carbonyl (C=O) groups excluding carboxylic acids is 2. The Morgan fingerprint density at radius 2 is 1.64 bits per heavy atom. The van der Waals surface area contributed by atoms with Crippen LogP contribution in [0.3, 0.4) is 0 Å². The molecule has 1 unspecified atom stereocenters. The highest BCUT2D eigenvalue weighted by atomic mass is 35.5. The van der Waals surface area contributed by atoms with E-state index in [2.05, 4.69) is 16.0 Å². The number of benzene rings is 2. The minimum Gasteiger partial charge on any atom is -0.346 e. The van der Waals surface area contributed by atoms with E-state index in [1.165, 1.54) is 0 Å². The van der Waals surface area contributed by atoms with E-state index in [4.69, 9.17) is 11.6 Å². The van der Waals surface area contributed by atoms with Crippen LogP contribution in [0, 0.1) is 0 Å². The van der Waals surface area contributed by atoms with Gasteiger partial charge in [-0.15, -0.1) is 0 Å². The summed E-state index contributed by atoms with van der Waals surface area (Å²) in [5.41, 5.74) is 2.07. The van der Waals surface area contributed by atoms with E-state index in [-0.39, 0.29) is 24.0 Å². The van der Waals surface area contributed by atoms with Gasteiger partial charge in [0.05, 0.1) is 6.04 Å². The zero-order valence-electron chi connectivity index (χ0n) is 14.5. The van der Waals surface area contributed by atoms with E-state index in [9.17, 15) is 9.59 Å². The van der Waals surface area contributed by atoms with Gasteiger partial charge in [-0.25, -0.2) is 4.79 Å². The Labute approximate surface area is 152 Å². The molecule has 0 aliphatic carbocycles. The monoisotopic (exact) mass is 359 g/mol. The van der Waals surface area contributed by atoms with Gasteiger partial charge in [0.15, 0.2) is 0 Å². The van der Waals surface area contributed by atoms with Gasteiger partial charge in [0.1, 0.15) is 0 Å². The van der Waals surface area contributed by atoms with Gasteiger partial charge in [-0.05, 0) is 62.7 Å². The predicted molar refractivity (Wildman–Crippen MR) is 101 cm³/mol. The van der Waals surface area contributed by atoms with Gasteiger partial charge in [0, 0.05) is 22.3 Å². The fourth-order valence-corrected chi connectivity index (χ4v) is 2.47. The average molecular weight is 360 g/mol. The van der Waals surface area contributed by atoms with Crippen LogP contribution in [0.1, 0.15) is 42.7 Å². The summed E-state index contributed by atoms with van der Waals surface area (Å²) in [6.45, 7) is 5.66. The Kier molecular flexibility index (Phi) is 6.42. The lowest BCUT2D eigenvalue weighted by atomic mass is 10.1. The molecule has 3 amide bonds. The average Bonchev–Trinajstić information content (AvgIpc) is 2.54. The Balaban J connectivity index is 1.97. The summed E-state index contributed by atoms with van der Waals surface area (Å²) in [4.78, 5) is 24.0. The van der Waals surface area contributed by atoms with Crippen molar-refractivity contribution in [3.63, 3.8) is 0 Å². The number of anilines is 1. The molecule has 2 rings (SSSR count). The minimum absolute atomic E-state index is 0.0537. The molecule has 0 fully saturated rings. The van der Waals surface area contributed by atoms with Gasteiger partial charge in [0.2, 0.25) is 0 Å². The van der Waals surface area contributed by atoms with Crippen molar-refractivity contribution in [1.82, 2.24) is 10.6 Å². The zero-order chi connectivity index (χ0) is 18.4. The lowest BCUT2D eigenvalue weighted by molar-refractivity contribution is 0.0940. The van der Waals surface area contributed by atoms with Crippen LogP contribution in [-0.4, -0.2) is 18.0 Å². The SMILES string of the molecule is CC(C)NC(=O)Nc1ccc(C(=O)NC(C)c2cccc(Cl)c2)cc1. The highest BCUT2D eigenvalue weighted by Gasteiger charge is 2.12. The molecule has 0 spiro atoms. The van der Waals surface area contributed by atoms with Crippen molar-refractivity contribution in [2.75, 3.05) is 5.32 Å². The van der Waals surface area contributed by atoms with Crippen molar-refractivity contribution in [2.24, 2.45) is 0 Å². The maximum Gasteiger partial charge on any atom is 0.319 e. The Bertz CT molecular complexity index is 745. The summed E-state index contributed by atoms with van der Waals surface area (Å²) in [6.07, 6.45) is 0. The van der Waals surface area contributed by atoms with E-state index in [0.717, 1.165) is 5.56 Å². The largest absolute Gasteiger partial charge is 0.346 e. The molecule has 0 aliphatic heterocycles. The Morgan fingerprint density at radius 3 is 2.24 bits per heavy atom. The summed E-state index contributed by atoms with van der Waals surface area (Å²) in [5, 5.41) is 9.01. The van der Waals surface area contributed by atoms with Gasteiger partial charge < -0.3 is 16.0 Å². The van der Waals surface area contributed by atoms with E-state index < -0.39 is 0 Å². The normalized spacial score (nSPS) is 11.7. The number of urea groups is 1. The zero-order valence-corrected chi connectivity index (χ0v) is 15.2. The summed E-state index contributed by atoms with van der Waals surface area (Å²) >= 11 is 5.98. The lowest BCUT2D eigenvalue weighted by Crippen LogP contribution is -2.34. The number of hydrogen-bond acceptors (Lipinski definition) is 2. The number of hydrogen-bond donors (Lipinski definition) is 3. The first kappa shape index (κ1) is 18.8. The van der Waals surface area contributed by atoms with Crippen molar-refractivity contribution in [3.8, 4) is 0 Å². The van der Waals surface area contributed by atoms with Crippen LogP contribution in [0.25, 0.3) is 0 Å². The van der Waals surface area contributed by atoms with Crippen molar-refractivity contribution < 1.29 is 9.59 Å². The van der Waals surface area contributed by atoms with Crippen LogP contribution in [0.15, 0.2) is 48.5 Å². The van der Waals surface area contributed by atoms with Crippen LogP contribution in [0.5, 0.6) is 0 Å². The van der Waals surface area contributed by atoms with Gasteiger partial charge in [-0.2, -0.15) is 0 Å². The minimum atomic E-state index is -0.276. The van der Waals surface area contributed by atoms with E-state index >= 15 is 0 Å². The third-order valence-electron chi connectivity index (χ3n) is 3.52. The molecule has 1 atom stereocenters. The molecular formula is C19H22ClN3O2. The van der Waals surface area contributed by atoms with Gasteiger partial charge >= 0.3 is 6.03 Å². The molecule has 0 saturated carbocycles. The van der Waals surface area contributed by atoms with Crippen LogP contribution < -0.4 is 16.0 Å². The first-order chi connectivity index (χ1) is 11.8. The van der Waals surface area contributed by atoms with Crippen molar-refractivity contribution >= 4 is 29.2 Å². The van der Waals surface area contributed by atoms with Crippen LogP contribution in [-0.2, 0) is 0 Å². The smallest absolute Gasteiger partial charge is 0.319 e. The first-order valence-electron chi connectivity index (χ1n) is 8.09. The van der Waals surface area contributed by atoms with Gasteiger partial charge in [0.25, 0.3) is 5.91 Å². The highest BCUT2D eigenvalue weighted by Crippen LogP contribution is 2.18. The second kappa shape index (κ2) is 8.53. The van der Waals surface area contributed by atoms with Crippen LogP contribution >= 0.6 is 11.6 Å². The topological polar surface area (TPSA) is 70.2 Å². The number of amides is 3. The maximum atomic E-state index is 12.3. The molecule has 2 aromatic carbocycles. The van der Waals surface area contributed by atoms with Gasteiger partial charge in [-0.3, -0.25) is 4.79 Å². The van der Waals surface area contributed by atoms with E-state index in [1.54, 1.807) is 30.3 Å². The molecule has 0 aliphatic rings. The van der Waals surface area contributed by atoms with E-state index in [0.29, 0.717) is 16.3 Å². The Hall–Kier alpha value is -2.53. The third-order valence-corrected chi connectivity index (χ3v) is 3.76. The molecule has 3 N–H and O–H groups in total. The summed E-state index contributed by atoms with van der Waals surface area (Å²) in [5.74, 6) is -0.189. The highest BCUT2D eigenvalue weighted by molar-refractivity contribution is 6.30. The van der Waals surface area contributed by atoms with E-state index in [1.807, 2.05) is 39.0 Å². The second-order valence-electron chi connectivity index (χ2n) is 6.08. The fourth-order valence-electron chi connectivity index (χ4n) is 2.27. The number of halogens is 1. The lowest BCUT2D eigenvalue weighted by Gasteiger charge is -2.15. The van der Waals surface area contributed by atoms with Crippen molar-refractivity contribution in [2.45, 2.75) is 32.9 Å². The molecular weight excluding hydrogens is 338 g/mol. The third kappa shape index (κ3) is 5.80. The maximum absolute atomic E-state index is 12.3. The molecule has 2 aromatic rings. The molecule has 0 saturated heterocycles. The summed E-state index contributed by atoms with van der Waals surface area (Å²) < 4.78 is 0.